The highest BCUT2D eigenvalue weighted by atomic mass is 79.9. The van der Waals surface area contributed by atoms with Gasteiger partial charge in [-0.2, -0.15) is 0 Å². The number of halogens is 2. The molecular weight excluding hydrogens is 553 g/mol. The lowest BCUT2D eigenvalue weighted by molar-refractivity contribution is -0.138. The number of carbonyl (C=O) groups excluding carboxylic acids is 2. The summed E-state index contributed by atoms with van der Waals surface area (Å²) in [6.45, 7) is 3.73. The second kappa shape index (κ2) is 12.7. The summed E-state index contributed by atoms with van der Waals surface area (Å²) in [7, 11) is 1.48. The number of hydrogen-bond donors (Lipinski definition) is 1. The van der Waals surface area contributed by atoms with Crippen molar-refractivity contribution in [3.8, 4) is 11.5 Å². The van der Waals surface area contributed by atoms with Gasteiger partial charge in [-0.1, -0.05) is 30.8 Å². The fourth-order valence-corrected chi connectivity index (χ4v) is 4.88. The van der Waals surface area contributed by atoms with Crippen LogP contribution in [0, 0.1) is 5.82 Å². The maximum absolute atomic E-state index is 13.5. The molecule has 0 fully saturated rings. The van der Waals surface area contributed by atoms with Crippen molar-refractivity contribution in [1.82, 2.24) is 0 Å². The van der Waals surface area contributed by atoms with Crippen LogP contribution in [-0.2, 0) is 20.9 Å². The fourth-order valence-electron chi connectivity index (χ4n) is 3.27. The van der Waals surface area contributed by atoms with Gasteiger partial charge in [0.2, 0.25) is 5.91 Å². The van der Waals surface area contributed by atoms with E-state index in [1.165, 1.54) is 19.2 Å². The lowest BCUT2D eigenvalue weighted by atomic mass is 10.1. The van der Waals surface area contributed by atoms with Crippen molar-refractivity contribution in [2.24, 2.45) is 4.99 Å². The third-order valence-electron chi connectivity index (χ3n) is 4.88. The standard InChI is InChI=1S/C26H25BrFNO6S/c1-4-7-21(30)29-25-22(26(32)34-5-2)23(31)20(36-25)13-16-11-18(27)24(19(12-16)33-3)35-14-15-8-6-9-17(28)10-15/h6,8-13,31H,4-5,7,14H2,1-3H3/b20-13-,29-25?. The monoisotopic (exact) mass is 577 g/mol. The Balaban J connectivity index is 1.93. The van der Waals surface area contributed by atoms with Gasteiger partial charge in [0.05, 0.1) is 23.1 Å². The van der Waals surface area contributed by atoms with Gasteiger partial charge in [0.25, 0.3) is 0 Å². The van der Waals surface area contributed by atoms with Gasteiger partial charge in [-0.15, -0.1) is 0 Å². The van der Waals surface area contributed by atoms with E-state index in [4.69, 9.17) is 14.2 Å². The third-order valence-corrected chi connectivity index (χ3v) is 6.49. The molecule has 0 saturated heterocycles. The number of carbonyl (C=O) groups is 2. The molecule has 1 aliphatic rings. The Morgan fingerprint density at radius 2 is 2.00 bits per heavy atom. The highest BCUT2D eigenvalue weighted by molar-refractivity contribution is 9.10. The number of aliphatic hydroxyl groups excluding tert-OH is 1. The topological polar surface area (TPSA) is 94.4 Å². The highest BCUT2D eigenvalue weighted by Crippen LogP contribution is 2.42. The molecule has 2 aromatic rings. The van der Waals surface area contributed by atoms with Gasteiger partial charge in [-0.25, -0.2) is 14.2 Å². The summed E-state index contributed by atoms with van der Waals surface area (Å²) in [5, 5.41) is 10.9. The average molecular weight is 578 g/mol. The summed E-state index contributed by atoms with van der Waals surface area (Å²) in [6.07, 6.45) is 2.46. The maximum atomic E-state index is 13.5. The molecule has 0 aliphatic carbocycles. The van der Waals surface area contributed by atoms with Crippen LogP contribution in [0.4, 0.5) is 4.39 Å². The van der Waals surface area contributed by atoms with E-state index in [0.717, 1.165) is 11.8 Å². The predicted molar refractivity (Wildman–Crippen MR) is 141 cm³/mol. The molecule has 2 aromatic carbocycles. The molecule has 0 bridgehead atoms. The van der Waals surface area contributed by atoms with Gasteiger partial charge in [0.1, 0.15) is 28.8 Å². The van der Waals surface area contributed by atoms with E-state index >= 15 is 0 Å². The van der Waals surface area contributed by atoms with E-state index in [9.17, 15) is 19.1 Å². The summed E-state index contributed by atoms with van der Waals surface area (Å²) in [5.41, 5.74) is 1.14. The molecular formula is C26H25BrFNO6S. The van der Waals surface area contributed by atoms with E-state index in [2.05, 4.69) is 20.9 Å². The smallest absolute Gasteiger partial charge is 0.344 e. The number of hydrogen-bond acceptors (Lipinski definition) is 7. The van der Waals surface area contributed by atoms with Gasteiger partial charge >= 0.3 is 5.97 Å². The van der Waals surface area contributed by atoms with E-state index < -0.39 is 5.97 Å². The van der Waals surface area contributed by atoms with Crippen LogP contribution in [0.2, 0.25) is 0 Å². The Morgan fingerprint density at radius 3 is 2.67 bits per heavy atom. The molecule has 0 aromatic heterocycles. The molecule has 190 valence electrons. The van der Waals surface area contributed by atoms with E-state index in [1.54, 1.807) is 37.3 Å². The van der Waals surface area contributed by atoms with Crippen LogP contribution in [-0.4, -0.2) is 35.7 Å². The first-order valence-corrected chi connectivity index (χ1v) is 12.7. The van der Waals surface area contributed by atoms with Crippen molar-refractivity contribution in [2.75, 3.05) is 13.7 Å². The molecule has 1 amide bonds. The van der Waals surface area contributed by atoms with Gasteiger partial charge in [-0.3, -0.25) is 4.79 Å². The van der Waals surface area contributed by atoms with E-state index in [1.807, 2.05) is 6.92 Å². The van der Waals surface area contributed by atoms with Gasteiger partial charge in [0, 0.05) is 6.42 Å². The van der Waals surface area contributed by atoms with Crippen molar-refractivity contribution < 1.29 is 33.3 Å². The molecule has 3 rings (SSSR count). The summed E-state index contributed by atoms with van der Waals surface area (Å²) < 4.78 is 30.4. The van der Waals surface area contributed by atoms with Crippen molar-refractivity contribution >= 4 is 50.7 Å². The number of esters is 1. The Labute approximate surface area is 221 Å². The van der Waals surface area contributed by atoms with Gasteiger partial charge in [0.15, 0.2) is 11.5 Å². The number of rotatable bonds is 9. The largest absolute Gasteiger partial charge is 0.506 e. The Kier molecular flexibility index (Phi) is 9.72. The van der Waals surface area contributed by atoms with Crippen LogP contribution in [0.5, 0.6) is 11.5 Å². The molecule has 0 unspecified atom stereocenters. The molecule has 1 N–H and O–H groups in total. The number of methoxy groups -OCH3 is 1. The average Bonchev–Trinajstić information content (AvgIpc) is 3.12. The molecule has 0 radical (unpaired) electrons. The first kappa shape index (κ1) is 27.5. The van der Waals surface area contributed by atoms with Crippen LogP contribution in [0.25, 0.3) is 6.08 Å². The molecule has 7 nitrogen and oxygen atoms in total. The molecule has 1 aliphatic heterocycles. The van der Waals surface area contributed by atoms with Crippen molar-refractivity contribution in [1.29, 1.82) is 0 Å². The first-order chi connectivity index (χ1) is 17.3. The quantitative estimate of drug-likeness (QED) is 0.346. The second-order valence-electron chi connectivity index (χ2n) is 7.57. The number of thioether (sulfide) groups is 1. The molecule has 0 atom stereocenters. The molecule has 36 heavy (non-hydrogen) atoms. The van der Waals surface area contributed by atoms with Gasteiger partial charge in [-0.05, 0) is 70.7 Å². The molecule has 1 heterocycles. The second-order valence-corrected chi connectivity index (χ2v) is 9.45. The molecule has 0 spiro atoms. The van der Waals surface area contributed by atoms with Gasteiger partial charge < -0.3 is 19.3 Å². The number of aliphatic hydroxyl groups is 1. The Morgan fingerprint density at radius 1 is 1.22 bits per heavy atom. The van der Waals surface area contributed by atoms with Crippen LogP contribution < -0.4 is 9.47 Å². The van der Waals surface area contributed by atoms with E-state index in [-0.39, 0.29) is 47.7 Å². The van der Waals surface area contributed by atoms with Crippen LogP contribution >= 0.6 is 27.7 Å². The number of benzene rings is 2. The predicted octanol–water partition coefficient (Wildman–Crippen LogP) is 6.36. The van der Waals surface area contributed by atoms with Crippen LogP contribution in [0.1, 0.15) is 37.8 Å². The number of ether oxygens (including phenoxy) is 3. The lowest BCUT2D eigenvalue weighted by Gasteiger charge is -2.14. The van der Waals surface area contributed by atoms with Crippen LogP contribution in [0.3, 0.4) is 0 Å². The first-order valence-electron chi connectivity index (χ1n) is 11.1. The van der Waals surface area contributed by atoms with E-state index in [0.29, 0.717) is 38.4 Å². The fraction of sp³-hybridized carbons (Fsp3) is 0.269. The number of nitrogens with zero attached hydrogens (tertiary/aromatic N) is 1. The maximum Gasteiger partial charge on any atom is 0.344 e. The van der Waals surface area contributed by atoms with Crippen molar-refractivity contribution in [3.63, 3.8) is 0 Å². The minimum atomic E-state index is -0.756. The summed E-state index contributed by atoms with van der Waals surface area (Å²) in [5.74, 6) is -0.997. The summed E-state index contributed by atoms with van der Waals surface area (Å²) in [6, 6.07) is 9.53. The molecule has 10 heteroatoms. The SMILES string of the molecule is CCCC(=O)N=C1S/C(=C\c2cc(Br)c(OCc3cccc(F)c3)c(OC)c2)C(O)=C1C(=O)OCC. The molecule has 0 saturated carbocycles. The number of amides is 1. The summed E-state index contributed by atoms with van der Waals surface area (Å²) in [4.78, 5) is 28.9. The highest BCUT2D eigenvalue weighted by Gasteiger charge is 2.33. The number of aliphatic imine (C=N–C) groups is 1. The third kappa shape index (κ3) is 6.76. The van der Waals surface area contributed by atoms with Crippen LogP contribution in [0.15, 0.2) is 62.1 Å². The minimum Gasteiger partial charge on any atom is -0.506 e. The Bertz CT molecular complexity index is 1260. The zero-order valence-corrected chi connectivity index (χ0v) is 22.4. The summed E-state index contributed by atoms with van der Waals surface area (Å²) >= 11 is 4.48. The normalized spacial score (nSPS) is 15.5. The van der Waals surface area contributed by atoms with Crippen molar-refractivity contribution in [3.05, 3.63) is 74.1 Å². The Hall–Kier alpha value is -3.11. The zero-order valence-electron chi connectivity index (χ0n) is 20.0. The zero-order chi connectivity index (χ0) is 26.2. The minimum absolute atomic E-state index is 0.0942. The lowest BCUT2D eigenvalue weighted by Crippen LogP contribution is -2.14. The van der Waals surface area contributed by atoms with Crippen molar-refractivity contribution in [2.45, 2.75) is 33.3 Å².